The summed E-state index contributed by atoms with van der Waals surface area (Å²) < 4.78 is 8.37. The first kappa shape index (κ1) is 14.0. The molecule has 1 aromatic carbocycles. The van der Waals surface area contributed by atoms with Crippen molar-refractivity contribution in [3.8, 4) is 5.75 Å². The molecule has 0 aliphatic heterocycles. The SMILES string of the molecule is Cn1cnc(CCNCCOc2ccc(Br)cc2)n1. The highest BCUT2D eigenvalue weighted by Crippen LogP contribution is 2.15. The van der Waals surface area contributed by atoms with Crippen LogP contribution in [0.15, 0.2) is 35.1 Å². The van der Waals surface area contributed by atoms with Crippen LogP contribution in [0.4, 0.5) is 0 Å². The standard InChI is InChI=1S/C13H17BrN4O/c1-18-10-16-13(17-18)6-7-15-8-9-19-12-4-2-11(14)3-5-12/h2-5,10,15H,6-9H2,1H3. The summed E-state index contributed by atoms with van der Waals surface area (Å²) in [5, 5.41) is 7.52. The van der Waals surface area contributed by atoms with Gasteiger partial charge in [-0.15, -0.1) is 0 Å². The smallest absolute Gasteiger partial charge is 0.151 e. The van der Waals surface area contributed by atoms with Gasteiger partial charge >= 0.3 is 0 Å². The normalized spacial score (nSPS) is 10.6. The van der Waals surface area contributed by atoms with E-state index in [9.17, 15) is 0 Å². The van der Waals surface area contributed by atoms with Gasteiger partial charge in [0.2, 0.25) is 0 Å². The van der Waals surface area contributed by atoms with Crippen molar-refractivity contribution in [3.05, 3.63) is 40.9 Å². The fourth-order valence-corrected chi connectivity index (χ4v) is 1.86. The fraction of sp³-hybridized carbons (Fsp3) is 0.385. The van der Waals surface area contributed by atoms with Gasteiger partial charge in [0.25, 0.3) is 0 Å². The third kappa shape index (κ3) is 5.00. The number of halogens is 1. The predicted octanol–water partition coefficient (Wildman–Crippen LogP) is 1.79. The van der Waals surface area contributed by atoms with Crippen molar-refractivity contribution in [2.45, 2.75) is 6.42 Å². The maximum Gasteiger partial charge on any atom is 0.151 e. The minimum atomic E-state index is 0.650. The lowest BCUT2D eigenvalue weighted by Gasteiger charge is -2.06. The quantitative estimate of drug-likeness (QED) is 0.789. The Morgan fingerprint density at radius 1 is 1.26 bits per heavy atom. The third-order valence-corrected chi connectivity index (χ3v) is 3.06. The molecule has 0 atom stereocenters. The van der Waals surface area contributed by atoms with E-state index in [2.05, 4.69) is 31.3 Å². The first-order chi connectivity index (χ1) is 9.24. The number of aryl methyl sites for hydroxylation is 1. The highest BCUT2D eigenvalue weighted by Gasteiger charge is 1.98. The van der Waals surface area contributed by atoms with E-state index in [1.54, 1.807) is 11.0 Å². The van der Waals surface area contributed by atoms with Crippen LogP contribution >= 0.6 is 15.9 Å². The van der Waals surface area contributed by atoms with Gasteiger partial charge in [-0.2, -0.15) is 5.10 Å². The van der Waals surface area contributed by atoms with Crippen molar-refractivity contribution >= 4 is 15.9 Å². The van der Waals surface area contributed by atoms with Gasteiger partial charge in [0.1, 0.15) is 18.7 Å². The maximum absolute atomic E-state index is 5.60. The molecule has 0 aliphatic carbocycles. The Balaban J connectivity index is 1.56. The van der Waals surface area contributed by atoms with Gasteiger partial charge in [0.05, 0.1) is 0 Å². The summed E-state index contributed by atoms with van der Waals surface area (Å²) in [5.41, 5.74) is 0. The Morgan fingerprint density at radius 3 is 2.74 bits per heavy atom. The Hall–Kier alpha value is -1.40. The number of hydrogen-bond acceptors (Lipinski definition) is 4. The Labute approximate surface area is 121 Å². The zero-order valence-electron chi connectivity index (χ0n) is 10.8. The summed E-state index contributed by atoms with van der Waals surface area (Å²) in [6.45, 7) is 2.31. The zero-order valence-corrected chi connectivity index (χ0v) is 12.4. The number of aromatic nitrogens is 3. The molecule has 1 N–H and O–H groups in total. The molecule has 0 radical (unpaired) electrons. The number of benzene rings is 1. The van der Waals surface area contributed by atoms with E-state index in [0.29, 0.717) is 6.61 Å². The van der Waals surface area contributed by atoms with Gasteiger partial charge in [-0.25, -0.2) is 4.98 Å². The molecule has 0 fully saturated rings. The maximum atomic E-state index is 5.60. The first-order valence-corrected chi connectivity index (χ1v) is 6.97. The lowest BCUT2D eigenvalue weighted by atomic mass is 10.3. The van der Waals surface area contributed by atoms with E-state index in [0.717, 1.165) is 35.6 Å². The lowest BCUT2D eigenvalue weighted by Crippen LogP contribution is -2.23. The monoisotopic (exact) mass is 324 g/mol. The third-order valence-electron chi connectivity index (χ3n) is 2.53. The molecule has 0 spiro atoms. The van der Waals surface area contributed by atoms with E-state index in [4.69, 9.17) is 4.74 Å². The average Bonchev–Trinajstić information content (AvgIpc) is 2.81. The molecule has 6 heteroatoms. The summed E-state index contributed by atoms with van der Waals surface area (Å²) in [5.74, 6) is 1.75. The van der Waals surface area contributed by atoms with Crippen molar-refractivity contribution in [1.29, 1.82) is 0 Å². The molecule has 5 nitrogen and oxygen atoms in total. The van der Waals surface area contributed by atoms with Gasteiger partial charge in [0, 0.05) is 31.0 Å². The van der Waals surface area contributed by atoms with Gasteiger partial charge in [-0.1, -0.05) is 15.9 Å². The molecule has 2 rings (SSSR count). The van der Waals surface area contributed by atoms with Gasteiger partial charge in [0.15, 0.2) is 5.82 Å². The number of rotatable bonds is 7. The van der Waals surface area contributed by atoms with Crippen LogP contribution in [0.3, 0.4) is 0 Å². The van der Waals surface area contributed by atoms with Crippen molar-refractivity contribution in [2.24, 2.45) is 7.05 Å². The minimum absolute atomic E-state index is 0.650. The first-order valence-electron chi connectivity index (χ1n) is 6.17. The molecule has 102 valence electrons. The second-order valence-corrected chi connectivity index (χ2v) is 5.05. The van der Waals surface area contributed by atoms with Crippen LogP contribution in [0.25, 0.3) is 0 Å². The van der Waals surface area contributed by atoms with Gasteiger partial charge < -0.3 is 10.1 Å². The van der Waals surface area contributed by atoms with Crippen LogP contribution in [-0.4, -0.2) is 34.5 Å². The van der Waals surface area contributed by atoms with Gasteiger partial charge in [-0.05, 0) is 24.3 Å². The molecule has 1 heterocycles. The second kappa shape index (κ2) is 7.25. The van der Waals surface area contributed by atoms with E-state index < -0.39 is 0 Å². The number of nitrogens with one attached hydrogen (secondary N) is 1. The molecule has 0 amide bonds. The molecule has 0 aliphatic rings. The zero-order chi connectivity index (χ0) is 13.5. The highest BCUT2D eigenvalue weighted by atomic mass is 79.9. The molecule has 0 saturated heterocycles. The Bertz CT molecular complexity index is 498. The van der Waals surface area contributed by atoms with Crippen molar-refractivity contribution < 1.29 is 4.74 Å². The molecule has 2 aromatic rings. The molecular formula is C13H17BrN4O. The highest BCUT2D eigenvalue weighted by molar-refractivity contribution is 9.10. The molecule has 0 saturated carbocycles. The Kier molecular flexibility index (Phi) is 5.35. The summed E-state index contributed by atoms with van der Waals surface area (Å²) in [6.07, 6.45) is 2.55. The Morgan fingerprint density at radius 2 is 2.05 bits per heavy atom. The minimum Gasteiger partial charge on any atom is -0.492 e. The average molecular weight is 325 g/mol. The van der Waals surface area contributed by atoms with E-state index in [-0.39, 0.29) is 0 Å². The lowest BCUT2D eigenvalue weighted by molar-refractivity contribution is 0.314. The summed E-state index contributed by atoms with van der Waals surface area (Å²) in [4.78, 5) is 4.17. The topological polar surface area (TPSA) is 52.0 Å². The van der Waals surface area contributed by atoms with E-state index in [1.165, 1.54) is 0 Å². The van der Waals surface area contributed by atoms with Crippen LogP contribution < -0.4 is 10.1 Å². The van der Waals surface area contributed by atoms with E-state index >= 15 is 0 Å². The summed E-state index contributed by atoms with van der Waals surface area (Å²) >= 11 is 3.39. The van der Waals surface area contributed by atoms with Gasteiger partial charge in [-0.3, -0.25) is 4.68 Å². The van der Waals surface area contributed by atoms with Crippen LogP contribution in [0.1, 0.15) is 5.82 Å². The molecule has 0 bridgehead atoms. The molecule has 1 aromatic heterocycles. The van der Waals surface area contributed by atoms with Crippen molar-refractivity contribution in [2.75, 3.05) is 19.7 Å². The molecule has 0 unspecified atom stereocenters. The predicted molar refractivity (Wildman–Crippen MR) is 77.2 cm³/mol. The van der Waals surface area contributed by atoms with Crippen molar-refractivity contribution in [1.82, 2.24) is 20.1 Å². The largest absolute Gasteiger partial charge is 0.492 e. The number of hydrogen-bond donors (Lipinski definition) is 1. The van der Waals surface area contributed by atoms with Crippen LogP contribution in [-0.2, 0) is 13.5 Å². The fourth-order valence-electron chi connectivity index (χ4n) is 1.60. The van der Waals surface area contributed by atoms with Crippen LogP contribution in [0, 0.1) is 0 Å². The number of nitrogens with zero attached hydrogens (tertiary/aromatic N) is 3. The molecular weight excluding hydrogens is 308 g/mol. The van der Waals surface area contributed by atoms with E-state index in [1.807, 2.05) is 31.3 Å². The number of ether oxygens (including phenoxy) is 1. The van der Waals surface area contributed by atoms with Crippen LogP contribution in [0.2, 0.25) is 0 Å². The van der Waals surface area contributed by atoms with Crippen molar-refractivity contribution in [3.63, 3.8) is 0 Å². The van der Waals surface area contributed by atoms with Crippen LogP contribution in [0.5, 0.6) is 5.75 Å². The molecule has 19 heavy (non-hydrogen) atoms. The summed E-state index contributed by atoms with van der Waals surface area (Å²) in [7, 11) is 1.87. The second-order valence-electron chi connectivity index (χ2n) is 4.14. The summed E-state index contributed by atoms with van der Waals surface area (Å²) in [6, 6.07) is 7.83.